The molecule has 0 atom stereocenters. The summed E-state index contributed by atoms with van der Waals surface area (Å²) >= 11 is 1.43. The van der Waals surface area contributed by atoms with Gasteiger partial charge in [-0.2, -0.15) is 0 Å². The van der Waals surface area contributed by atoms with Gasteiger partial charge in [0.1, 0.15) is 5.75 Å². The molecule has 0 bridgehead atoms. The molecule has 0 aliphatic carbocycles. The van der Waals surface area contributed by atoms with E-state index in [2.05, 4.69) is 5.32 Å². The van der Waals surface area contributed by atoms with Crippen LogP contribution in [0.25, 0.3) is 10.1 Å². The number of carbonyl (C=O) groups is 2. The van der Waals surface area contributed by atoms with Crippen molar-refractivity contribution < 1.29 is 19.4 Å². The van der Waals surface area contributed by atoms with Crippen molar-refractivity contribution in [1.29, 1.82) is 0 Å². The summed E-state index contributed by atoms with van der Waals surface area (Å²) in [6.07, 6.45) is 0.488. The number of carboxylic acid groups (broad SMARTS) is 1. The van der Waals surface area contributed by atoms with Gasteiger partial charge in [-0.15, -0.1) is 11.3 Å². The average Bonchev–Trinajstić information content (AvgIpc) is 2.80. The van der Waals surface area contributed by atoms with Crippen LogP contribution in [-0.2, 0) is 4.79 Å². The molecule has 0 fully saturated rings. The van der Waals surface area contributed by atoms with E-state index in [1.807, 2.05) is 25.1 Å². The van der Waals surface area contributed by atoms with Crippen LogP contribution >= 0.6 is 11.3 Å². The number of hydrogen-bond acceptors (Lipinski definition) is 4. The normalized spacial score (nSPS) is 10.6. The maximum Gasteiger partial charge on any atom is 0.303 e. The van der Waals surface area contributed by atoms with Crippen molar-refractivity contribution in [2.75, 3.05) is 13.7 Å². The van der Waals surface area contributed by atoms with Crippen molar-refractivity contribution in [3.05, 3.63) is 28.6 Å². The van der Waals surface area contributed by atoms with E-state index in [0.29, 0.717) is 17.8 Å². The molecule has 0 radical (unpaired) electrons. The number of rotatable bonds is 6. The molecular weight excluding hydrogens is 290 g/mol. The topological polar surface area (TPSA) is 75.6 Å². The van der Waals surface area contributed by atoms with Gasteiger partial charge in [0.15, 0.2) is 0 Å². The molecule has 0 aliphatic rings. The molecule has 0 unspecified atom stereocenters. The van der Waals surface area contributed by atoms with E-state index in [0.717, 1.165) is 21.4 Å². The second kappa shape index (κ2) is 6.58. The SMILES string of the molecule is COc1ccc2sc(C(=O)NCCCC(=O)O)c(C)c2c1. The summed E-state index contributed by atoms with van der Waals surface area (Å²) in [7, 11) is 1.61. The Hall–Kier alpha value is -2.08. The third-order valence-electron chi connectivity index (χ3n) is 3.20. The first kappa shape index (κ1) is 15.3. The van der Waals surface area contributed by atoms with Crippen molar-refractivity contribution in [2.24, 2.45) is 0 Å². The standard InChI is InChI=1S/C15H17NO4S/c1-9-11-8-10(20-2)5-6-12(11)21-14(9)15(19)16-7-3-4-13(17)18/h5-6,8H,3-4,7H2,1-2H3,(H,16,19)(H,17,18). The van der Waals surface area contributed by atoms with E-state index in [-0.39, 0.29) is 12.3 Å². The molecular formula is C15H17NO4S. The zero-order valence-electron chi connectivity index (χ0n) is 11.9. The molecule has 6 heteroatoms. The lowest BCUT2D eigenvalue weighted by atomic mass is 10.1. The van der Waals surface area contributed by atoms with Gasteiger partial charge in [-0.25, -0.2) is 0 Å². The molecule has 1 heterocycles. The Balaban J connectivity index is 2.12. The molecule has 112 valence electrons. The zero-order chi connectivity index (χ0) is 15.4. The number of aryl methyl sites for hydroxylation is 1. The molecule has 1 aromatic carbocycles. The number of thiophene rings is 1. The number of aliphatic carboxylic acids is 1. The van der Waals surface area contributed by atoms with Gasteiger partial charge in [-0.3, -0.25) is 9.59 Å². The molecule has 1 aromatic heterocycles. The lowest BCUT2D eigenvalue weighted by Gasteiger charge is -2.03. The van der Waals surface area contributed by atoms with E-state index in [9.17, 15) is 9.59 Å². The number of hydrogen-bond donors (Lipinski definition) is 2. The number of benzene rings is 1. The van der Waals surface area contributed by atoms with Crippen LogP contribution in [-0.4, -0.2) is 30.6 Å². The minimum atomic E-state index is -0.852. The van der Waals surface area contributed by atoms with Crippen molar-refractivity contribution in [1.82, 2.24) is 5.32 Å². The minimum absolute atomic E-state index is 0.0584. The van der Waals surface area contributed by atoms with Crippen LogP contribution in [0.5, 0.6) is 5.75 Å². The smallest absolute Gasteiger partial charge is 0.303 e. The van der Waals surface area contributed by atoms with Gasteiger partial charge in [0.2, 0.25) is 0 Å². The highest BCUT2D eigenvalue weighted by Gasteiger charge is 2.15. The highest BCUT2D eigenvalue weighted by molar-refractivity contribution is 7.21. The Morgan fingerprint density at radius 3 is 2.81 bits per heavy atom. The molecule has 0 spiro atoms. The fourth-order valence-corrected chi connectivity index (χ4v) is 3.17. The van der Waals surface area contributed by atoms with Gasteiger partial charge >= 0.3 is 5.97 Å². The van der Waals surface area contributed by atoms with Gasteiger partial charge in [0.05, 0.1) is 12.0 Å². The molecule has 2 N–H and O–H groups in total. The molecule has 0 saturated heterocycles. The summed E-state index contributed by atoms with van der Waals surface area (Å²) in [5.41, 5.74) is 0.921. The molecule has 21 heavy (non-hydrogen) atoms. The van der Waals surface area contributed by atoms with Crippen molar-refractivity contribution >= 4 is 33.3 Å². The van der Waals surface area contributed by atoms with Crippen molar-refractivity contribution in [3.63, 3.8) is 0 Å². The Kier molecular flexibility index (Phi) is 4.80. The third-order valence-corrected chi connectivity index (χ3v) is 4.47. The Bertz CT molecular complexity index is 678. The number of methoxy groups -OCH3 is 1. The molecule has 5 nitrogen and oxygen atoms in total. The first-order valence-corrected chi connectivity index (χ1v) is 7.41. The maximum absolute atomic E-state index is 12.2. The van der Waals surface area contributed by atoms with E-state index in [4.69, 9.17) is 9.84 Å². The first-order chi connectivity index (χ1) is 10.0. The van der Waals surface area contributed by atoms with Gasteiger partial charge in [0.25, 0.3) is 5.91 Å². The summed E-state index contributed by atoms with van der Waals surface area (Å²) in [5.74, 6) is -0.246. The average molecular weight is 307 g/mol. The molecule has 0 saturated carbocycles. The number of carbonyl (C=O) groups excluding carboxylic acids is 1. The lowest BCUT2D eigenvalue weighted by molar-refractivity contribution is -0.137. The quantitative estimate of drug-likeness (QED) is 0.805. The summed E-state index contributed by atoms with van der Waals surface area (Å²) in [6, 6.07) is 5.72. The van der Waals surface area contributed by atoms with Gasteiger partial charge in [-0.1, -0.05) is 0 Å². The van der Waals surface area contributed by atoms with Crippen LogP contribution in [0.15, 0.2) is 18.2 Å². The summed E-state index contributed by atoms with van der Waals surface area (Å²) in [6.45, 7) is 2.27. The van der Waals surface area contributed by atoms with Crippen molar-refractivity contribution in [3.8, 4) is 5.75 Å². The highest BCUT2D eigenvalue weighted by atomic mass is 32.1. The second-order valence-electron chi connectivity index (χ2n) is 4.67. The monoisotopic (exact) mass is 307 g/mol. The summed E-state index contributed by atoms with van der Waals surface area (Å²) in [5, 5.41) is 12.3. The van der Waals surface area contributed by atoms with Gasteiger partial charge in [0, 0.05) is 17.7 Å². The fourth-order valence-electron chi connectivity index (χ4n) is 2.07. The van der Waals surface area contributed by atoms with E-state index in [1.54, 1.807) is 7.11 Å². The van der Waals surface area contributed by atoms with Crippen LogP contribution in [0, 0.1) is 6.92 Å². The Morgan fingerprint density at radius 1 is 1.38 bits per heavy atom. The van der Waals surface area contributed by atoms with Crippen LogP contribution in [0.4, 0.5) is 0 Å². The Labute approximate surface area is 126 Å². The third kappa shape index (κ3) is 3.52. The predicted octanol–water partition coefficient (Wildman–Crippen LogP) is 2.81. The van der Waals surface area contributed by atoms with Crippen LogP contribution < -0.4 is 10.1 Å². The van der Waals surface area contributed by atoms with Crippen LogP contribution in [0.3, 0.4) is 0 Å². The maximum atomic E-state index is 12.2. The molecule has 2 aromatic rings. The molecule has 2 rings (SSSR count). The molecule has 0 aliphatic heterocycles. The largest absolute Gasteiger partial charge is 0.497 e. The van der Waals surface area contributed by atoms with E-state index < -0.39 is 5.97 Å². The highest BCUT2D eigenvalue weighted by Crippen LogP contribution is 2.33. The number of amides is 1. The van der Waals surface area contributed by atoms with Gasteiger partial charge < -0.3 is 15.2 Å². The lowest BCUT2D eigenvalue weighted by Crippen LogP contribution is -2.24. The summed E-state index contributed by atoms with van der Waals surface area (Å²) in [4.78, 5) is 23.2. The first-order valence-electron chi connectivity index (χ1n) is 6.60. The number of carboxylic acids is 1. The molecule has 1 amide bonds. The fraction of sp³-hybridized carbons (Fsp3) is 0.333. The van der Waals surface area contributed by atoms with Crippen LogP contribution in [0.1, 0.15) is 28.1 Å². The second-order valence-corrected chi connectivity index (χ2v) is 5.72. The van der Waals surface area contributed by atoms with Crippen LogP contribution in [0.2, 0.25) is 0 Å². The Morgan fingerprint density at radius 2 is 2.14 bits per heavy atom. The predicted molar refractivity (Wildman–Crippen MR) is 82.3 cm³/mol. The van der Waals surface area contributed by atoms with Gasteiger partial charge in [-0.05, 0) is 42.5 Å². The van der Waals surface area contributed by atoms with E-state index in [1.165, 1.54) is 11.3 Å². The number of nitrogens with one attached hydrogen (secondary N) is 1. The summed E-state index contributed by atoms with van der Waals surface area (Å²) < 4.78 is 6.23. The zero-order valence-corrected chi connectivity index (χ0v) is 12.8. The minimum Gasteiger partial charge on any atom is -0.497 e. The number of ether oxygens (including phenoxy) is 1. The van der Waals surface area contributed by atoms with E-state index >= 15 is 0 Å². The van der Waals surface area contributed by atoms with Crippen molar-refractivity contribution in [2.45, 2.75) is 19.8 Å². The number of fused-ring (bicyclic) bond motifs is 1.